The zero-order valence-electron chi connectivity index (χ0n) is 8.82. The zero-order valence-corrected chi connectivity index (χ0v) is 8.82. The summed E-state index contributed by atoms with van der Waals surface area (Å²) in [5.74, 6) is -0.579. The number of hydrogen-bond acceptors (Lipinski definition) is 3. The molecule has 0 aromatic heterocycles. The Morgan fingerprint density at radius 3 is 2.81 bits per heavy atom. The van der Waals surface area contributed by atoms with E-state index in [0.717, 1.165) is 0 Å². The van der Waals surface area contributed by atoms with Gasteiger partial charge in [0.05, 0.1) is 6.61 Å². The van der Waals surface area contributed by atoms with Gasteiger partial charge >= 0.3 is 5.97 Å². The molecule has 0 unspecified atom stereocenters. The van der Waals surface area contributed by atoms with E-state index in [4.69, 9.17) is 4.74 Å². The minimum absolute atomic E-state index is 0.0769. The number of esters is 1. The van der Waals surface area contributed by atoms with E-state index in [-0.39, 0.29) is 12.2 Å². The molecule has 1 aliphatic heterocycles. The second-order valence-corrected chi connectivity index (χ2v) is 3.29. The van der Waals surface area contributed by atoms with Crippen LogP contribution in [0, 0.1) is 0 Å². The molecule has 0 aromatic rings. The van der Waals surface area contributed by atoms with Gasteiger partial charge in [-0.25, -0.2) is 4.79 Å². The highest BCUT2D eigenvalue weighted by molar-refractivity contribution is 5.97. The van der Waals surface area contributed by atoms with E-state index >= 15 is 0 Å². The van der Waals surface area contributed by atoms with Crippen molar-refractivity contribution in [2.45, 2.75) is 6.92 Å². The van der Waals surface area contributed by atoms with Crippen molar-refractivity contribution in [1.82, 2.24) is 4.98 Å². The standard InChI is InChI=1S/C12H11NO3/c1-2-16-12(15)10-8-6-4-3-5-7-9(8)13-11(10)14/h3-7H,2H2,1H3,(H,13,14). The van der Waals surface area contributed by atoms with Gasteiger partial charge in [-0.15, -0.1) is 0 Å². The molecule has 0 spiro atoms. The second-order valence-electron chi connectivity index (χ2n) is 3.29. The SMILES string of the molecule is CCOC(=O)c1c2cccccc-2[nH]c1=O. The maximum absolute atomic E-state index is 11.6. The van der Waals surface area contributed by atoms with Crippen LogP contribution in [0.2, 0.25) is 0 Å². The van der Waals surface area contributed by atoms with Crippen molar-refractivity contribution in [3.05, 3.63) is 46.2 Å². The summed E-state index contributed by atoms with van der Waals surface area (Å²) in [6, 6.07) is 8.87. The lowest BCUT2D eigenvalue weighted by atomic mass is 10.1. The lowest BCUT2D eigenvalue weighted by Gasteiger charge is -1.99. The number of nitrogens with one attached hydrogen (secondary N) is 1. The average molecular weight is 217 g/mol. The summed E-state index contributed by atoms with van der Waals surface area (Å²) in [5, 5.41) is 0. The van der Waals surface area contributed by atoms with E-state index in [1.807, 2.05) is 6.07 Å². The lowest BCUT2D eigenvalue weighted by molar-refractivity contribution is 0.0526. The molecule has 0 amide bonds. The smallest absolute Gasteiger partial charge is 0.344 e. The molecule has 16 heavy (non-hydrogen) atoms. The van der Waals surface area contributed by atoms with E-state index in [9.17, 15) is 9.59 Å². The van der Waals surface area contributed by atoms with Gasteiger partial charge in [0.1, 0.15) is 5.56 Å². The van der Waals surface area contributed by atoms with Gasteiger partial charge in [0, 0.05) is 11.3 Å². The number of aromatic amines is 1. The first kappa shape index (κ1) is 10.4. The Balaban J connectivity index is 2.61. The van der Waals surface area contributed by atoms with Crippen LogP contribution in [0.25, 0.3) is 11.3 Å². The Morgan fingerprint density at radius 1 is 1.31 bits per heavy atom. The third-order valence-corrected chi connectivity index (χ3v) is 2.26. The number of H-pyrrole nitrogens is 1. The first-order valence-electron chi connectivity index (χ1n) is 5.02. The molecular weight excluding hydrogens is 206 g/mol. The Morgan fingerprint density at radius 2 is 2.06 bits per heavy atom. The molecule has 1 N–H and O–H groups in total. The van der Waals surface area contributed by atoms with Gasteiger partial charge in [-0.2, -0.15) is 0 Å². The highest BCUT2D eigenvalue weighted by atomic mass is 16.5. The number of carbonyl (C=O) groups is 1. The van der Waals surface area contributed by atoms with Crippen molar-refractivity contribution in [2.75, 3.05) is 6.61 Å². The molecule has 1 heterocycles. The Bertz CT molecular complexity index is 544. The van der Waals surface area contributed by atoms with Crippen molar-refractivity contribution < 1.29 is 9.53 Å². The topological polar surface area (TPSA) is 59.2 Å². The van der Waals surface area contributed by atoms with Gasteiger partial charge in [-0.05, 0) is 13.0 Å². The molecule has 0 fully saturated rings. The largest absolute Gasteiger partial charge is 0.462 e. The molecule has 0 aromatic carbocycles. The minimum atomic E-state index is -0.579. The highest BCUT2D eigenvalue weighted by Gasteiger charge is 2.21. The molecule has 2 aliphatic rings. The number of ether oxygens (including phenoxy) is 1. The summed E-state index contributed by atoms with van der Waals surface area (Å²) in [7, 11) is 0. The lowest BCUT2D eigenvalue weighted by Crippen LogP contribution is -2.14. The summed E-state index contributed by atoms with van der Waals surface area (Å²) in [6.45, 7) is 1.96. The van der Waals surface area contributed by atoms with Crippen LogP contribution in [0.15, 0.2) is 35.1 Å². The molecule has 2 rings (SSSR count). The second kappa shape index (κ2) is 4.18. The molecule has 4 heteroatoms. The fourth-order valence-corrected chi connectivity index (χ4v) is 1.59. The maximum Gasteiger partial charge on any atom is 0.344 e. The monoisotopic (exact) mass is 217 g/mol. The summed E-state index contributed by atoms with van der Waals surface area (Å²) in [6.07, 6.45) is 0. The minimum Gasteiger partial charge on any atom is -0.462 e. The fourth-order valence-electron chi connectivity index (χ4n) is 1.59. The molecule has 0 radical (unpaired) electrons. The van der Waals surface area contributed by atoms with E-state index in [1.165, 1.54) is 0 Å². The highest BCUT2D eigenvalue weighted by Crippen LogP contribution is 2.20. The normalized spacial score (nSPS) is 10.3. The zero-order chi connectivity index (χ0) is 11.5. The Hall–Kier alpha value is -2.10. The molecule has 82 valence electrons. The van der Waals surface area contributed by atoms with Crippen molar-refractivity contribution in [2.24, 2.45) is 0 Å². The molecule has 0 atom stereocenters. The van der Waals surface area contributed by atoms with E-state index in [0.29, 0.717) is 11.3 Å². The summed E-state index contributed by atoms with van der Waals surface area (Å²) >= 11 is 0. The molecule has 0 saturated heterocycles. The number of aromatic nitrogens is 1. The van der Waals surface area contributed by atoms with Crippen LogP contribution in [-0.4, -0.2) is 17.6 Å². The van der Waals surface area contributed by atoms with Crippen LogP contribution in [0.1, 0.15) is 17.3 Å². The molecule has 4 nitrogen and oxygen atoms in total. The summed E-state index contributed by atoms with van der Waals surface area (Å²) in [4.78, 5) is 25.8. The molecule has 0 saturated carbocycles. The van der Waals surface area contributed by atoms with Gasteiger partial charge < -0.3 is 9.72 Å². The van der Waals surface area contributed by atoms with Crippen molar-refractivity contribution >= 4 is 5.97 Å². The first-order chi connectivity index (χ1) is 7.74. The molecular formula is C12H11NO3. The predicted octanol–water partition coefficient (Wildman–Crippen LogP) is 1.66. The van der Waals surface area contributed by atoms with Crippen LogP contribution in [-0.2, 0) is 4.74 Å². The van der Waals surface area contributed by atoms with E-state index < -0.39 is 11.5 Å². The fraction of sp³-hybridized carbons (Fsp3) is 0.167. The Labute approximate surface area is 92.2 Å². The van der Waals surface area contributed by atoms with Crippen molar-refractivity contribution in [3.8, 4) is 11.3 Å². The Kier molecular flexibility index (Phi) is 2.72. The van der Waals surface area contributed by atoms with Crippen LogP contribution >= 0.6 is 0 Å². The predicted molar refractivity (Wildman–Crippen MR) is 59.6 cm³/mol. The first-order valence-corrected chi connectivity index (χ1v) is 5.02. The van der Waals surface area contributed by atoms with Gasteiger partial charge in [0.15, 0.2) is 0 Å². The van der Waals surface area contributed by atoms with Crippen LogP contribution in [0.3, 0.4) is 0 Å². The van der Waals surface area contributed by atoms with E-state index in [2.05, 4.69) is 4.98 Å². The molecule has 1 aliphatic carbocycles. The number of rotatable bonds is 2. The maximum atomic E-state index is 11.6. The van der Waals surface area contributed by atoms with Crippen LogP contribution in [0.5, 0.6) is 0 Å². The van der Waals surface area contributed by atoms with E-state index in [1.54, 1.807) is 31.2 Å². The average Bonchev–Trinajstić information content (AvgIpc) is 2.43. The number of fused-ring (bicyclic) bond motifs is 1. The summed E-state index contributed by atoms with van der Waals surface area (Å²) < 4.78 is 4.85. The number of carbonyl (C=O) groups excluding carboxylic acids is 1. The van der Waals surface area contributed by atoms with Crippen LogP contribution < -0.4 is 5.56 Å². The van der Waals surface area contributed by atoms with Crippen molar-refractivity contribution in [1.29, 1.82) is 0 Å². The van der Waals surface area contributed by atoms with Gasteiger partial charge in [-0.3, -0.25) is 4.79 Å². The third kappa shape index (κ3) is 1.69. The summed E-state index contributed by atoms with van der Waals surface area (Å²) in [5.41, 5.74) is 0.902. The third-order valence-electron chi connectivity index (χ3n) is 2.26. The number of hydrogen-bond donors (Lipinski definition) is 1. The molecule has 0 bridgehead atoms. The van der Waals surface area contributed by atoms with Gasteiger partial charge in [0.2, 0.25) is 0 Å². The van der Waals surface area contributed by atoms with Gasteiger partial charge in [0.25, 0.3) is 5.56 Å². The van der Waals surface area contributed by atoms with Crippen molar-refractivity contribution in [3.63, 3.8) is 0 Å². The quantitative estimate of drug-likeness (QED) is 0.778. The van der Waals surface area contributed by atoms with Crippen LogP contribution in [0.4, 0.5) is 0 Å². The van der Waals surface area contributed by atoms with Gasteiger partial charge in [-0.1, -0.05) is 24.3 Å².